The quantitative estimate of drug-likeness (QED) is 0.855. The number of rotatable bonds is 4. The fraction of sp³-hybridized carbons (Fsp3) is 0.316. The van der Waals surface area contributed by atoms with Crippen LogP contribution in [0.3, 0.4) is 0 Å². The first-order valence-corrected chi connectivity index (χ1v) is 7.97. The summed E-state index contributed by atoms with van der Waals surface area (Å²) in [5.41, 5.74) is 2.27. The van der Waals surface area contributed by atoms with Crippen LogP contribution in [0.1, 0.15) is 36.7 Å². The Labute approximate surface area is 147 Å². The first-order chi connectivity index (χ1) is 11.3. The van der Waals surface area contributed by atoms with Crippen molar-refractivity contribution in [1.29, 1.82) is 0 Å². The van der Waals surface area contributed by atoms with E-state index in [-0.39, 0.29) is 11.3 Å². The van der Waals surface area contributed by atoms with Crippen molar-refractivity contribution < 1.29 is 14.3 Å². The maximum atomic E-state index is 12.5. The summed E-state index contributed by atoms with van der Waals surface area (Å²) in [4.78, 5) is 12.5. The van der Waals surface area contributed by atoms with Gasteiger partial charge in [0, 0.05) is 11.6 Å². The highest BCUT2D eigenvalue weighted by atomic mass is 35.5. The fourth-order valence-electron chi connectivity index (χ4n) is 2.27. The highest BCUT2D eigenvalue weighted by Gasteiger charge is 2.16. The van der Waals surface area contributed by atoms with Crippen molar-refractivity contribution in [2.75, 3.05) is 19.5 Å². The Bertz CT molecular complexity index is 734. The van der Waals surface area contributed by atoms with E-state index in [4.69, 9.17) is 21.1 Å². The molecule has 1 amide bonds. The molecule has 4 nitrogen and oxygen atoms in total. The Balaban J connectivity index is 2.25. The van der Waals surface area contributed by atoms with E-state index in [0.29, 0.717) is 27.8 Å². The second-order valence-electron chi connectivity index (χ2n) is 6.47. The van der Waals surface area contributed by atoms with E-state index in [1.54, 1.807) is 12.1 Å². The standard InChI is InChI=1S/C19H22ClNO3/c1-19(2,3)13-8-6-12(7-9-13)18(22)21-15-10-14(20)16(23-4)11-17(15)24-5/h6-11H,1-5H3,(H,21,22). The van der Waals surface area contributed by atoms with Gasteiger partial charge < -0.3 is 14.8 Å². The Hall–Kier alpha value is -2.20. The number of hydrogen-bond acceptors (Lipinski definition) is 3. The van der Waals surface area contributed by atoms with Crippen molar-refractivity contribution in [3.05, 3.63) is 52.5 Å². The largest absolute Gasteiger partial charge is 0.495 e. The third kappa shape index (κ3) is 4.01. The highest BCUT2D eigenvalue weighted by molar-refractivity contribution is 6.32. The first kappa shape index (κ1) is 18.1. The molecule has 2 aromatic carbocycles. The van der Waals surface area contributed by atoms with Crippen molar-refractivity contribution >= 4 is 23.2 Å². The average Bonchev–Trinajstić information content (AvgIpc) is 2.54. The van der Waals surface area contributed by atoms with Crippen molar-refractivity contribution in [3.63, 3.8) is 0 Å². The van der Waals surface area contributed by atoms with Gasteiger partial charge in [0.2, 0.25) is 0 Å². The molecule has 0 saturated heterocycles. The number of benzene rings is 2. The molecule has 2 aromatic rings. The summed E-state index contributed by atoms with van der Waals surface area (Å²) in [5, 5.41) is 3.22. The molecular formula is C19H22ClNO3. The number of nitrogens with one attached hydrogen (secondary N) is 1. The molecule has 0 fully saturated rings. The van der Waals surface area contributed by atoms with Crippen LogP contribution in [0, 0.1) is 0 Å². The van der Waals surface area contributed by atoms with Gasteiger partial charge in [-0.05, 0) is 29.2 Å². The number of anilines is 1. The lowest BCUT2D eigenvalue weighted by atomic mass is 9.87. The summed E-state index contributed by atoms with van der Waals surface area (Å²) < 4.78 is 10.4. The summed E-state index contributed by atoms with van der Waals surface area (Å²) in [5.74, 6) is 0.743. The minimum absolute atomic E-state index is 0.0434. The summed E-state index contributed by atoms with van der Waals surface area (Å²) in [6.45, 7) is 6.39. The molecule has 0 atom stereocenters. The number of ether oxygens (including phenoxy) is 2. The number of hydrogen-bond donors (Lipinski definition) is 1. The van der Waals surface area contributed by atoms with Crippen molar-refractivity contribution in [2.45, 2.75) is 26.2 Å². The van der Waals surface area contributed by atoms with E-state index in [9.17, 15) is 4.79 Å². The normalized spacial score (nSPS) is 11.1. The van der Waals surface area contributed by atoms with Crippen LogP contribution >= 0.6 is 11.6 Å². The van der Waals surface area contributed by atoms with Gasteiger partial charge in [-0.1, -0.05) is 44.5 Å². The first-order valence-electron chi connectivity index (χ1n) is 7.59. The summed E-state index contributed by atoms with van der Waals surface area (Å²) >= 11 is 6.13. The van der Waals surface area contributed by atoms with Crippen molar-refractivity contribution in [2.24, 2.45) is 0 Å². The lowest BCUT2D eigenvalue weighted by molar-refractivity contribution is 0.102. The zero-order chi connectivity index (χ0) is 17.9. The van der Waals surface area contributed by atoms with Crippen LogP contribution in [0.2, 0.25) is 5.02 Å². The minimum Gasteiger partial charge on any atom is -0.495 e. The van der Waals surface area contributed by atoms with Gasteiger partial charge in [-0.2, -0.15) is 0 Å². The van der Waals surface area contributed by atoms with E-state index in [1.807, 2.05) is 24.3 Å². The molecule has 24 heavy (non-hydrogen) atoms. The molecule has 2 rings (SSSR count). The van der Waals surface area contributed by atoms with Gasteiger partial charge in [0.15, 0.2) is 0 Å². The molecule has 0 aliphatic carbocycles. The molecule has 1 N–H and O–H groups in total. The SMILES string of the molecule is COc1cc(OC)c(NC(=O)c2ccc(C(C)(C)C)cc2)cc1Cl. The summed E-state index contributed by atoms with van der Waals surface area (Å²) in [7, 11) is 3.05. The predicted octanol–water partition coefficient (Wildman–Crippen LogP) is 4.91. The Morgan fingerprint density at radius 1 is 1.00 bits per heavy atom. The maximum absolute atomic E-state index is 12.5. The van der Waals surface area contributed by atoms with Crippen LogP contribution in [-0.4, -0.2) is 20.1 Å². The van der Waals surface area contributed by atoms with Gasteiger partial charge in [-0.25, -0.2) is 0 Å². The predicted molar refractivity (Wildman–Crippen MR) is 97.7 cm³/mol. The Kier molecular flexibility index (Phi) is 5.40. The monoisotopic (exact) mass is 347 g/mol. The molecule has 0 spiro atoms. The lowest BCUT2D eigenvalue weighted by Gasteiger charge is -2.19. The molecule has 0 aromatic heterocycles. The Morgan fingerprint density at radius 2 is 1.58 bits per heavy atom. The van der Waals surface area contributed by atoms with Gasteiger partial charge in [0.1, 0.15) is 11.5 Å². The van der Waals surface area contributed by atoms with Crippen molar-refractivity contribution in [3.8, 4) is 11.5 Å². The van der Waals surface area contributed by atoms with Gasteiger partial charge in [0.05, 0.1) is 24.9 Å². The minimum atomic E-state index is -0.227. The average molecular weight is 348 g/mol. The molecule has 0 aliphatic rings. The number of carbonyl (C=O) groups is 1. The van der Waals surface area contributed by atoms with Gasteiger partial charge in [-0.15, -0.1) is 0 Å². The molecule has 0 heterocycles. The molecule has 0 aliphatic heterocycles. The molecule has 0 bridgehead atoms. The van der Waals surface area contributed by atoms with E-state index < -0.39 is 0 Å². The molecule has 5 heteroatoms. The maximum Gasteiger partial charge on any atom is 0.255 e. The van der Waals surface area contributed by atoms with E-state index in [0.717, 1.165) is 0 Å². The highest BCUT2D eigenvalue weighted by Crippen LogP contribution is 2.36. The number of amides is 1. The zero-order valence-electron chi connectivity index (χ0n) is 14.6. The molecule has 128 valence electrons. The van der Waals surface area contributed by atoms with Crippen LogP contribution < -0.4 is 14.8 Å². The Morgan fingerprint density at radius 3 is 2.08 bits per heavy atom. The van der Waals surface area contributed by atoms with Crippen LogP contribution in [0.25, 0.3) is 0 Å². The summed E-state index contributed by atoms with van der Waals surface area (Å²) in [6, 6.07) is 10.8. The topological polar surface area (TPSA) is 47.6 Å². The molecule has 0 saturated carbocycles. The molecular weight excluding hydrogens is 326 g/mol. The zero-order valence-corrected chi connectivity index (χ0v) is 15.3. The second kappa shape index (κ2) is 7.14. The van der Waals surface area contributed by atoms with Crippen LogP contribution in [0.15, 0.2) is 36.4 Å². The molecule has 0 radical (unpaired) electrons. The third-order valence-corrected chi connectivity index (χ3v) is 4.03. The van der Waals surface area contributed by atoms with Crippen molar-refractivity contribution in [1.82, 2.24) is 0 Å². The van der Waals surface area contributed by atoms with Crippen LogP contribution in [0.5, 0.6) is 11.5 Å². The van der Waals surface area contributed by atoms with E-state index in [1.165, 1.54) is 19.8 Å². The fourth-order valence-corrected chi connectivity index (χ4v) is 2.51. The number of carbonyl (C=O) groups excluding carboxylic acids is 1. The number of methoxy groups -OCH3 is 2. The summed E-state index contributed by atoms with van der Waals surface area (Å²) in [6.07, 6.45) is 0. The lowest BCUT2D eigenvalue weighted by Crippen LogP contribution is -2.14. The van der Waals surface area contributed by atoms with Gasteiger partial charge in [0.25, 0.3) is 5.91 Å². The van der Waals surface area contributed by atoms with Gasteiger partial charge >= 0.3 is 0 Å². The smallest absolute Gasteiger partial charge is 0.255 e. The van der Waals surface area contributed by atoms with E-state index in [2.05, 4.69) is 26.1 Å². The third-order valence-electron chi connectivity index (χ3n) is 3.74. The number of halogens is 1. The second-order valence-corrected chi connectivity index (χ2v) is 6.88. The van der Waals surface area contributed by atoms with E-state index >= 15 is 0 Å². The van der Waals surface area contributed by atoms with Crippen LogP contribution in [-0.2, 0) is 5.41 Å². The molecule has 0 unspecified atom stereocenters. The van der Waals surface area contributed by atoms with Crippen LogP contribution in [0.4, 0.5) is 5.69 Å². The van der Waals surface area contributed by atoms with Gasteiger partial charge in [-0.3, -0.25) is 4.79 Å².